The van der Waals surface area contributed by atoms with Crippen LogP contribution in [0.25, 0.3) is 0 Å². The molecule has 2 atom stereocenters. The minimum atomic E-state index is -0.0735. The number of likely N-dealkylation sites (tertiary alicyclic amines) is 1. The van der Waals surface area contributed by atoms with Gasteiger partial charge in [-0.25, -0.2) is 0 Å². The van der Waals surface area contributed by atoms with Gasteiger partial charge in [-0.15, -0.1) is 0 Å². The smallest absolute Gasteiger partial charge is 0.0682 e. The summed E-state index contributed by atoms with van der Waals surface area (Å²) in [5, 5.41) is 9.64. The van der Waals surface area contributed by atoms with E-state index in [1.165, 1.54) is 25.8 Å². The van der Waals surface area contributed by atoms with Crippen molar-refractivity contribution < 1.29 is 5.11 Å². The first-order valence-corrected chi connectivity index (χ1v) is 6.05. The number of aliphatic hydroxyl groups excluding tert-OH is 1. The average molecular weight is 199 g/mol. The molecule has 0 bridgehead atoms. The number of nitrogens with zero attached hydrogens (tertiary/aromatic N) is 1. The van der Waals surface area contributed by atoms with Gasteiger partial charge in [0.1, 0.15) is 0 Å². The van der Waals surface area contributed by atoms with Crippen molar-refractivity contribution in [2.24, 2.45) is 5.92 Å². The Labute approximate surface area is 88.3 Å². The Hall–Kier alpha value is -0.0800. The minimum absolute atomic E-state index is 0.0735. The van der Waals surface area contributed by atoms with Crippen molar-refractivity contribution in [1.82, 2.24) is 4.90 Å². The van der Waals surface area contributed by atoms with E-state index in [0.29, 0.717) is 6.04 Å². The summed E-state index contributed by atoms with van der Waals surface area (Å²) in [4.78, 5) is 2.48. The molecule has 0 amide bonds. The van der Waals surface area contributed by atoms with E-state index in [1.807, 2.05) is 0 Å². The van der Waals surface area contributed by atoms with Gasteiger partial charge in [0.25, 0.3) is 0 Å². The summed E-state index contributed by atoms with van der Waals surface area (Å²) in [6.07, 6.45) is 4.67. The molecule has 0 aromatic heterocycles. The standard InChI is InChI=1S/C12H25NO/c1-4-5-6-13-9-12(14)8-11(13)7-10(2)3/h10-12,14H,4-9H2,1-3H3/t11-,12-/m1/s1. The van der Waals surface area contributed by atoms with Crippen molar-refractivity contribution in [3.63, 3.8) is 0 Å². The van der Waals surface area contributed by atoms with Crippen LogP contribution < -0.4 is 0 Å². The second-order valence-corrected chi connectivity index (χ2v) is 5.02. The molecule has 1 aliphatic heterocycles. The molecule has 0 unspecified atom stereocenters. The van der Waals surface area contributed by atoms with Crippen LogP contribution in [0.15, 0.2) is 0 Å². The van der Waals surface area contributed by atoms with Crippen LogP contribution in [-0.2, 0) is 0 Å². The van der Waals surface area contributed by atoms with Gasteiger partial charge in [-0.05, 0) is 31.7 Å². The van der Waals surface area contributed by atoms with Crippen molar-refractivity contribution in [1.29, 1.82) is 0 Å². The zero-order chi connectivity index (χ0) is 10.6. The lowest BCUT2D eigenvalue weighted by atomic mass is 10.0. The zero-order valence-corrected chi connectivity index (χ0v) is 9.87. The number of hydrogen-bond donors (Lipinski definition) is 1. The van der Waals surface area contributed by atoms with Crippen LogP contribution in [0, 0.1) is 5.92 Å². The molecule has 0 spiro atoms. The number of aliphatic hydroxyl groups is 1. The molecule has 1 aliphatic rings. The Bertz CT molecular complexity index is 158. The van der Waals surface area contributed by atoms with E-state index >= 15 is 0 Å². The number of unbranched alkanes of at least 4 members (excludes halogenated alkanes) is 1. The first-order valence-electron chi connectivity index (χ1n) is 6.05. The fourth-order valence-corrected chi connectivity index (χ4v) is 2.38. The summed E-state index contributed by atoms with van der Waals surface area (Å²) in [5.74, 6) is 0.745. The molecule has 2 nitrogen and oxygen atoms in total. The summed E-state index contributed by atoms with van der Waals surface area (Å²) in [7, 11) is 0. The fourth-order valence-electron chi connectivity index (χ4n) is 2.38. The zero-order valence-electron chi connectivity index (χ0n) is 9.87. The van der Waals surface area contributed by atoms with Gasteiger partial charge in [-0.3, -0.25) is 4.90 Å². The molecule has 1 N–H and O–H groups in total. The number of rotatable bonds is 5. The molecule has 0 saturated carbocycles. The van der Waals surface area contributed by atoms with Crippen molar-refractivity contribution in [3.05, 3.63) is 0 Å². The van der Waals surface area contributed by atoms with Gasteiger partial charge in [0, 0.05) is 12.6 Å². The maximum Gasteiger partial charge on any atom is 0.0682 e. The van der Waals surface area contributed by atoms with E-state index in [9.17, 15) is 5.11 Å². The molecule has 1 rings (SSSR count). The molecule has 0 aromatic carbocycles. The molecule has 14 heavy (non-hydrogen) atoms. The van der Waals surface area contributed by atoms with Crippen LogP contribution in [0.4, 0.5) is 0 Å². The predicted octanol–water partition coefficient (Wildman–Crippen LogP) is 2.27. The van der Waals surface area contributed by atoms with Crippen LogP contribution in [0.5, 0.6) is 0 Å². The normalized spacial score (nSPS) is 28.9. The summed E-state index contributed by atoms with van der Waals surface area (Å²) in [6.45, 7) is 8.83. The SMILES string of the molecule is CCCCN1C[C@H](O)C[C@H]1CC(C)C. The highest BCUT2D eigenvalue weighted by atomic mass is 16.3. The van der Waals surface area contributed by atoms with Crippen molar-refractivity contribution in [2.45, 2.75) is 58.6 Å². The van der Waals surface area contributed by atoms with Gasteiger partial charge in [0.2, 0.25) is 0 Å². The monoisotopic (exact) mass is 199 g/mol. The van der Waals surface area contributed by atoms with Gasteiger partial charge in [-0.1, -0.05) is 27.2 Å². The van der Waals surface area contributed by atoms with E-state index in [0.717, 1.165) is 18.9 Å². The van der Waals surface area contributed by atoms with Crippen molar-refractivity contribution >= 4 is 0 Å². The third kappa shape index (κ3) is 3.58. The molecule has 84 valence electrons. The van der Waals surface area contributed by atoms with Gasteiger partial charge in [-0.2, -0.15) is 0 Å². The second-order valence-electron chi connectivity index (χ2n) is 5.02. The Kier molecular flexibility index (Phi) is 4.90. The Morgan fingerprint density at radius 3 is 2.71 bits per heavy atom. The van der Waals surface area contributed by atoms with E-state index in [4.69, 9.17) is 0 Å². The van der Waals surface area contributed by atoms with E-state index in [1.54, 1.807) is 0 Å². The molecule has 1 heterocycles. The van der Waals surface area contributed by atoms with Gasteiger partial charge in [0.05, 0.1) is 6.10 Å². The summed E-state index contributed by atoms with van der Waals surface area (Å²) in [5.41, 5.74) is 0. The Morgan fingerprint density at radius 2 is 2.14 bits per heavy atom. The quantitative estimate of drug-likeness (QED) is 0.734. The van der Waals surface area contributed by atoms with Gasteiger partial charge < -0.3 is 5.11 Å². The lowest BCUT2D eigenvalue weighted by molar-refractivity contribution is 0.173. The van der Waals surface area contributed by atoms with Crippen LogP contribution in [0.3, 0.4) is 0 Å². The molecule has 2 heteroatoms. The second kappa shape index (κ2) is 5.72. The minimum Gasteiger partial charge on any atom is -0.392 e. The molecule has 1 fully saturated rings. The first kappa shape index (κ1) is 12.0. The molecule has 0 radical (unpaired) electrons. The van der Waals surface area contributed by atoms with Crippen molar-refractivity contribution in [3.8, 4) is 0 Å². The fraction of sp³-hybridized carbons (Fsp3) is 1.00. The highest BCUT2D eigenvalue weighted by Gasteiger charge is 2.30. The van der Waals surface area contributed by atoms with E-state index in [2.05, 4.69) is 25.7 Å². The lowest BCUT2D eigenvalue weighted by Gasteiger charge is -2.25. The summed E-state index contributed by atoms with van der Waals surface area (Å²) in [6, 6.07) is 0.636. The summed E-state index contributed by atoms with van der Waals surface area (Å²) < 4.78 is 0. The van der Waals surface area contributed by atoms with E-state index < -0.39 is 0 Å². The van der Waals surface area contributed by atoms with Crippen LogP contribution in [0.2, 0.25) is 0 Å². The highest BCUT2D eigenvalue weighted by Crippen LogP contribution is 2.23. The first-order chi connectivity index (χ1) is 6.63. The molecular formula is C12H25NO. The Balaban J connectivity index is 2.37. The molecule has 1 saturated heterocycles. The molecule has 0 aromatic rings. The average Bonchev–Trinajstić information content (AvgIpc) is 2.41. The van der Waals surface area contributed by atoms with Crippen LogP contribution in [-0.4, -0.2) is 35.2 Å². The van der Waals surface area contributed by atoms with Crippen LogP contribution >= 0.6 is 0 Å². The van der Waals surface area contributed by atoms with Gasteiger partial charge in [0.15, 0.2) is 0 Å². The van der Waals surface area contributed by atoms with Gasteiger partial charge >= 0.3 is 0 Å². The summed E-state index contributed by atoms with van der Waals surface area (Å²) >= 11 is 0. The largest absolute Gasteiger partial charge is 0.392 e. The third-order valence-corrected chi connectivity index (χ3v) is 3.05. The highest BCUT2D eigenvalue weighted by molar-refractivity contribution is 4.85. The topological polar surface area (TPSA) is 23.5 Å². The third-order valence-electron chi connectivity index (χ3n) is 3.05. The lowest BCUT2D eigenvalue weighted by Crippen LogP contribution is -2.31. The molecule has 0 aliphatic carbocycles. The molecular weight excluding hydrogens is 174 g/mol. The predicted molar refractivity (Wildman–Crippen MR) is 60.3 cm³/mol. The van der Waals surface area contributed by atoms with Crippen molar-refractivity contribution in [2.75, 3.05) is 13.1 Å². The maximum absolute atomic E-state index is 9.64. The Morgan fingerprint density at radius 1 is 1.43 bits per heavy atom. The maximum atomic E-state index is 9.64. The number of hydrogen-bond acceptors (Lipinski definition) is 2. The number of β-amino-alcohol motifs (C(OH)–C–C–N with tert-alkyl or cyclic N) is 1. The van der Waals surface area contributed by atoms with E-state index in [-0.39, 0.29) is 6.10 Å². The van der Waals surface area contributed by atoms with Crippen LogP contribution in [0.1, 0.15) is 46.5 Å².